The summed E-state index contributed by atoms with van der Waals surface area (Å²) in [7, 11) is 2.05. The third-order valence-corrected chi connectivity index (χ3v) is 6.80. The van der Waals surface area contributed by atoms with E-state index in [2.05, 4.69) is 96.0 Å². The number of aromatic nitrogens is 2. The predicted molar refractivity (Wildman–Crippen MR) is 137 cm³/mol. The molecule has 4 heteroatoms. The number of furan rings is 1. The van der Waals surface area contributed by atoms with E-state index < -0.39 is 0 Å². The first kappa shape index (κ1) is 22.2. The molecule has 0 bridgehead atoms. The Morgan fingerprint density at radius 3 is 2.46 bits per heavy atom. The number of rotatable bonds is 2. The number of hydrogen-bond acceptors (Lipinski definition) is 1. The molecule has 0 amide bonds. The third kappa shape index (κ3) is 3.30. The van der Waals surface area contributed by atoms with Gasteiger partial charge in [-0.2, -0.15) is 24.3 Å². The van der Waals surface area contributed by atoms with Crippen LogP contribution >= 0.6 is 0 Å². The minimum Gasteiger partial charge on any atom is -0.456 e. The molecule has 1 radical (unpaired) electrons. The van der Waals surface area contributed by atoms with Crippen LogP contribution < -0.4 is 4.57 Å². The third-order valence-electron chi connectivity index (χ3n) is 6.80. The molecule has 0 aliphatic rings. The number of benzene rings is 5. The number of imidazole rings is 1. The first-order chi connectivity index (χ1) is 16.7. The summed E-state index contributed by atoms with van der Waals surface area (Å²) in [5.74, 6) is 1.01. The molecule has 0 aliphatic carbocycles. The van der Waals surface area contributed by atoms with E-state index in [0.717, 1.165) is 39.2 Å². The summed E-state index contributed by atoms with van der Waals surface area (Å²) >= 11 is 0. The minimum absolute atomic E-state index is 0. The van der Waals surface area contributed by atoms with E-state index >= 15 is 0 Å². The second-order valence-electron chi connectivity index (χ2n) is 8.84. The minimum atomic E-state index is 0. The molecule has 35 heavy (non-hydrogen) atoms. The van der Waals surface area contributed by atoms with Gasteiger partial charge in [-0.15, -0.1) is 0 Å². The molecule has 3 nitrogen and oxygen atoms in total. The monoisotopic (exact) mass is 526 g/mol. The molecule has 7 aromatic rings. The summed E-state index contributed by atoms with van der Waals surface area (Å²) in [5.41, 5.74) is 4.97. The molecule has 7 rings (SSSR count). The van der Waals surface area contributed by atoms with E-state index in [9.17, 15) is 0 Å². The summed E-state index contributed by atoms with van der Waals surface area (Å²) in [4.78, 5) is 0. The molecule has 0 N–H and O–H groups in total. The second kappa shape index (κ2) is 8.44. The van der Waals surface area contributed by atoms with Gasteiger partial charge < -0.3 is 8.98 Å². The Morgan fingerprint density at radius 1 is 0.800 bits per heavy atom. The van der Waals surface area contributed by atoms with Crippen LogP contribution in [0.25, 0.3) is 60.6 Å². The number of nitrogens with zero attached hydrogens (tertiary/aromatic N) is 2. The molecule has 0 saturated carbocycles. The zero-order chi connectivity index (χ0) is 22.8. The average molecular weight is 526 g/mol. The van der Waals surface area contributed by atoms with Crippen molar-refractivity contribution in [2.24, 2.45) is 7.05 Å². The van der Waals surface area contributed by atoms with Gasteiger partial charge in [-0.3, -0.25) is 4.57 Å². The van der Waals surface area contributed by atoms with Crippen LogP contribution in [0.3, 0.4) is 0 Å². The van der Waals surface area contributed by atoms with Gasteiger partial charge in [-0.25, -0.2) is 6.07 Å². The SMILES string of the molecule is Cc1ccc2c(oc3ccc4ccc5ccccc5c4c32)c1-c1n(C)c[c-][n+]1-c1[c-]cccc1.[Y]. The van der Waals surface area contributed by atoms with Crippen LogP contribution in [0.1, 0.15) is 5.56 Å². The molecule has 0 atom stereocenters. The van der Waals surface area contributed by atoms with Gasteiger partial charge in [0.25, 0.3) is 0 Å². The maximum atomic E-state index is 6.64. The van der Waals surface area contributed by atoms with Crippen molar-refractivity contribution in [2.45, 2.75) is 6.92 Å². The van der Waals surface area contributed by atoms with E-state index in [4.69, 9.17) is 4.42 Å². The fraction of sp³-hybridized carbons (Fsp3) is 0.0645. The maximum Gasteiger partial charge on any atom is 0.188 e. The van der Waals surface area contributed by atoms with E-state index in [1.807, 2.05) is 30.5 Å². The molecule has 165 valence electrons. The molecule has 0 unspecified atom stereocenters. The molecular formula is C31H21N2OY-. The van der Waals surface area contributed by atoms with Crippen LogP contribution in [-0.4, -0.2) is 4.57 Å². The number of hydrogen-bond donors (Lipinski definition) is 0. The van der Waals surface area contributed by atoms with Gasteiger partial charge in [-0.05, 0) is 34.7 Å². The van der Waals surface area contributed by atoms with Crippen LogP contribution in [0, 0.1) is 19.2 Å². The predicted octanol–water partition coefficient (Wildman–Crippen LogP) is 7.08. The summed E-state index contributed by atoms with van der Waals surface area (Å²) in [6.45, 7) is 2.14. The molecule has 2 aromatic heterocycles. The first-order valence-electron chi connectivity index (χ1n) is 11.4. The van der Waals surface area contributed by atoms with Gasteiger partial charge >= 0.3 is 0 Å². The zero-order valence-electron chi connectivity index (χ0n) is 19.5. The summed E-state index contributed by atoms with van der Waals surface area (Å²) in [6, 6.07) is 33.0. The summed E-state index contributed by atoms with van der Waals surface area (Å²) < 4.78 is 10.8. The van der Waals surface area contributed by atoms with Crippen LogP contribution in [-0.2, 0) is 39.8 Å². The smallest absolute Gasteiger partial charge is 0.188 e. The quantitative estimate of drug-likeness (QED) is 0.134. The van der Waals surface area contributed by atoms with E-state index in [1.165, 1.54) is 26.9 Å². The zero-order valence-corrected chi connectivity index (χ0v) is 22.4. The van der Waals surface area contributed by atoms with Crippen molar-refractivity contribution in [2.75, 3.05) is 0 Å². The first-order valence-corrected chi connectivity index (χ1v) is 11.4. The topological polar surface area (TPSA) is 21.9 Å². The molecule has 0 fully saturated rings. The Kier molecular flexibility index (Phi) is 5.36. The van der Waals surface area contributed by atoms with Gasteiger partial charge in [0.15, 0.2) is 5.82 Å². The Morgan fingerprint density at radius 2 is 1.60 bits per heavy atom. The second-order valence-corrected chi connectivity index (χ2v) is 8.84. The summed E-state index contributed by atoms with van der Waals surface area (Å²) in [6.07, 6.45) is 5.33. The average Bonchev–Trinajstić information content (AvgIpc) is 3.44. The number of para-hydroxylation sites is 1. The molecule has 0 aliphatic heterocycles. The van der Waals surface area contributed by atoms with Gasteiger partial charge in [0.2, 0.25) is 0 Å². The fourth-order valence-corrected chi connectivity index (χ4v) is 5.22. The Hall–Kier alpha value is -3.27. The standard InChI is InChI=1S/C31H21N2O.Y/c1-20-12-16-25-29-26(17-15-22-14-13-21-8-6-7-11-24(21)28(22)29)34-30(25)27(20)31-32(2)18-19-33(31)23-9-4-3-5-10-23;/h3-9,11-18H,1-2H3;/q-1;. The molecule has 0 spiro atoms. The normalized spacial score (nSPS) is 11.5. The van der Waals surface area contributed by atoms with Crippen molar-refractivity contribution in [3.63, 3.8) is 0 Å². The Bertz CT molecular complexity index is 1880. The summed E-state index contributed by atoms with van der Waals surface area (Å²) in [5, 5.41) is 7.24. The van der Waals surface area contributed by atoms with E-state index in [-0.39, 0.29) is 32.7 Å². The van der Waals surface area contributed by atoms with Crippen molar-refractivity contribution < 1.29 is 41.7 Å². The van der Waals surface area contributed by atoms with Gasteiger partial charge in [0, 0.05) is 48.9 Å². The Labute approximate surface area is 228 Å². The number of aryl methyl sites for hydroxylation is 2. The van der Waals surface area contributed by atoms with Crippen molar-refractivity contribution in [3.05, 3.63) is 109 Å². The Balaban J connectivity index is 0.00000229. The van der Waals surface area contributed by atoms with Gasteiger partial charge in [-0.1, -0.05) is 60.3 Å². The van der Waals surface area contributed by atoms with Crippen molar-refractivity contribution in [3.8, 4) is 17.1 Å². The van der Waals surface area contributed by atoms with Crippen LogP contribution in [0.15, 0.2) is 95.5 Å². The molecule has 5 aromatic carbocycles. The molecule has 0 saturated heterocycles. The van der Waals surface area contributed by atoms with Crippen LogP contribution in [0.4, 0.5) is 0 Å². The van der Waals surface area contributed by atoms with Crippen LogP contribution in [0.2, 0.25) is 0 Å². The van der Waals surface area contributed by atoms with Crippen molar-refractivity contribution >= 4 is 43.5 Å². The van der Waals surface area contributed by atoms with Gasteiger partial charge in [0.1, 0.15) is 11.2 Å². The van der Waals surface area contributed by atoms with Crippen LogP contribution in [0.5, 0.6) is 0 Å². The molecular weight excluding hydrogens is 505 g/mol. The van der Waals surface area contributed by atoms with E-state index in [0.29, 0.717) is 0 Å². The van der Waals surface area contributed by atoms with Crippen molar-refractivity contribution in [1.29, 1.82) is 0 Å². The maximum absolute atomic E-state index is 6.64. The van der Waals surface area contributed by atoms with Gasteiger partial charge in [0.05, 0.1) is 25.0 Å². The number of fused-ring (bicyclic) bond motifs is 7. The largest absolute Gasteiger partial charge is 0.456 e. The molecule has 2 heterocycles. The van der Waals surface area contributed by atoms with Crippen molar-refractivity contribution in [1.82, 2.24) is 4.57 Å². The fourth-order valence-electron chi connectivity index (χ4n) is 5.22. The van der Waals surface area contributed by atoms with E-state index in [1.54, 1.807) is 0 Å².